The van der Waals surface area contributed by atoms with Crippen LogP contribution in [-0.2, 0) is 6.54 Å². The van der Waals surface area contributed by atoms with Crippen molar-refractivity contribution in [2.24, 2.45) is 0 Å². The Hall–Kier alpha value is -1.46. The van der Waals surface area contributed by atoms with Gasteiger partial charge in [-0.3, -0.25) is 9.38 Å². The number of nitrogens with zero attached hydrogens (tertiary/aromatic N) is 3. The normalized spacial score (nSPS) is 13.1. The molecule has 0 saturated heterocycles. The van der Waals surface area contributed by atoms with Crippen molar-refractivity contribution in [1.29, 1.82) is 0 Å². The molecule has 0 aliphatic heterocycles. The first-order chi connectivity index (χ1) is 7.77. The van der Waals surface area contributed by atoms with Gasteiger partial charge in [0.1, 0.15) is 0 Å². The largest absolute Gasteiger partial charge is 0.393 e. The fraction of sp³-hybridized carbons (Fsp3) is 0.455. The van der Waals surface area contributed by atoms with E-state index < -0.39 is 0 Å². The molecule has 0 bridgehead atoms. The van der Waals surface area contributed by atoms with E-state index in [1.54, 1.807) is 19.3 Å². The summed E-state index contributed by atoms with van der Waals surface area (Å²) in [5, 5.41) is 12.4. The first-order valence-electron chi connectivity index (χ1n) is 5.42. The van der Waals surface area contributed by atoms with Gasteiger partial charge in [0.05, 0.1) is 24.2 Å². The fourth-order valence-corrected chi connectivity index (χ4v) is 1.55. The number of aliphatic hydroxyl groups is 1. The van der Waals surface area contributed by atoms with E-state index in [4.69, 9.17) is 5.11 Å². The number of aromatic nitrogens is 3. The third-order valence-electron chi connectivity index (χ3n) is 2.44. The molecule has 0 aromatic carbocycles. The highest BCUT2D eigenvalue weighted by Crippen LogP contribution is 2.03. The van der Waals surface area contributed by atoms with E-state index in [2.05, 4.69) is 15.3 Å². The smallest absolute Gasteiger partial charge is 0.155 e. The minimum atomic E-state index is -0.251. The molecular weight excluding hydrogens is 204 g/mol. The zero-order valence-corrected chi connectivity index (χ0v) is 9.30. The second-order valence-electron chi connectivity index (χ2n) is 3.87. The van der Waals surface area contributed by atoms with Gasteiger partial charge in [0.15, 0.2) is 5.65 Å². The van der Waals surface area contributed by atoms with Crippen LogP contribution in [0.1, 0.15) is 19.0 Å². The Morgan fingerprint density at radius 1 is 1.50 bits per heavy atom. The van der Waals surface area contributed by atoms with E-state index in [-0.39, 0.29) is 6.10 Å². The van der Waals surface area contributed by atoms with Gasteiger partial charge in [-0.05, 0) is 19.9 Å². The van der Waals surface area contributed by atoms with Gasteiger partial charge >= 0.3 is 0 Å². The van der Waals surface area contributed by atoms with Crippen LogP contribution in [0.4, 0.5) is 0 Å². The number of hydrogen-bond donors (Lipinski definition) is 2. The van der Waals surface area contributed by atoms with Crippen LogP contribution >= 0.6 is 0 Å². The van der Waals surface area contributed by atoms with Crippen LogP contribution in [0.25, 0.3) is 5.65 Å². The Labute approximate surface area is 94.2 Å². The van der Waals surface area contributed by atoms with Gasteiger partial charge in [-0.25, -0.2) is 4.98 Å². The van der Waals surface area contributed by atoms with Crippen LogP contribution < -0.4 is 5.32 Å². The lowest BCUT2D eigenvalue weighted by Crippen LogP contribution is -2.19. The lowest BCUT2D eigenvalue weighted by molar-refractivity contribution is 0.183. The van der Waals surface area contributed by atoms with Crippen molar-refractivity contribution < 1.29 is 5.11 Å². The molecule has 5 nitrogen and oxygen atoms in total. The standard InChI is InChI=1S/C11H16N4O/c1-9(16)2-3-12-6-10-7-14-11-8-13-4-5-15(10)11/h4-5,7-9,12,16H,2-3,6H2,1H3. The summed E-state index contributed by atoms with van der Waals surface area (Å²) >= 11 is 0. The van der Waals surface area contributed by atoms with E-state index in [9.17, 15) is 0 Å². The summed E-state index contributed by atoms with van der Waals surface area (Å²) in [4.78, 5) is 8.25. The lowest BCUT2D eigenvalue weighted by atomic mass is 10.3. The molecule has 1 unspecified atom stereocenters. The van der Waals surface area contributed by atoms with E-state index in [1.807, 2.05) is 16.8 Å². The van der Waals surface area contributed by atoms with Crippen molar-refractivity contribution in [3.05, 3.63) is 30.5 Å². The lowest BCUT2D eigenvalue weighted by Gasteiger charge is -2.06. The zero-order chi connectivity index (χ0) is 11.4. The second kappa shape index (κ2) is 5.05. The van der Waals surface area contributed by atoms with Crippen molar-refractivity contribution in [3.63, 3.8) is 0 Å². The maximum Gasteiger partial charge on any atom is 0.155 e. The second-order valence-corrected chi connectivity index (χ2v) is 3.87. The summed E-state index contributed by atoms with van der Waals surface area (Å²) in [7, 11) is 0. The van der Waals surface area contributed by atoms with Crippen molar-refractivity contribution >= 4 is 5.65 Å². The average molecular weight is 220 g/mol. The topological polar surface area (TPSA) is 62.5 Å². The summed E-state index contributed by atoms with van der Waals surface area (Å²) in [6.07, 6.45) is 7.73. The Morgan fingerprint density at radius 3 is 3.19 bits per heavy atom. The molecule has 0 amide bonds. The molecule has 2 heterocycles. The molecule has 0 spiro atoms. The fourth-order valence-electron chi connectivity index (χ4n) is 1.55. The number of hydrogen-bond acceptors (Lipinski definition) is 4. The van der Waals surface area contributed by atoms with Crippen molar-refractivity contribution in [2.45, 2.75) is 26.0 Å². The number of nitrogens with one attached hydrogen (secondary N) is 1. The summed E-state index contributed by atoms with van der Waals surface area (Å²) in [5.74, 6) is 0. The third kappa shape index (κ3) is 2.56. The van der Waals surface area contributed by atoms with Crippen LogP contribution in [0, 0.1) is 0 Å². The minimum Gasteiger partial charge on any atom is -0.393 e. The molecule has 2 aromatic rings. The molecular formula is C11H16N4O. The van der Waals surface area contributed by atoms with Crippen LogP contribution in [0.5, 0.6) is 0 Å². The Morgan fingerprint density at radius 2 is 2.38 bits per heavy atom. The summed E-state index contributed by atoms with van der Waals surface area (Å²) in [6.45, 7) is 3.34. The van der Waals surface area contributed by atoms with Crippen LogP contribution in [0.2, 0.25) is 0 Å². The van der Waals surface area contributed by atoms with Crippen LogP contribution in [0.15, 0.2) is 24.8 Å². The minimum absolute atomic E-state index is 0.251. The molecule has 0 aliphatic rings. The van der Waals surface area contributed by atoms with E-state index in [0.717, 1.165) is 30.9 Å². The number of rotatable bonds is 5. The molecule has 2 rings (SSSR count). The van der Waals surface area contributed by atoms with Gasteiger partial charge in [0.25, 0.3) is 0 Å². The molecule has 1 atom stereocenters. The predicted molar refractivity (Wildman–Crippen MR) is 61.0 cm³/mol. The first kappa shape index (κ1) is 11.0. The number of fused-ring (bicyclic) bond motifs is 1. The molecule has 2 N–H and O–H groups in total. The summed E-state index contributed by atoms with van der Waals surface area (Å²) in [5.41, 5.74) is 1.96. The highest BCUT2D eigenvalue weighted by molar-refractivity contribution is 5.36. The van der Waals surface area contributed by atoms with Gasteiger partial charge in [-0.15, -0.1) is 0 Å². The van der Waals surface area contributed by atoms with Gasteiger partial charge in [-0.2, -0.15) is 0 Å². The van der Waals surface area contributed by atoms with Gasteiger partial charge in [0, 0.05) is 18.9 Å². The first-order valence-corrected chi connectivity index (χ1v) is 5.42. The summed E-state index contributed by atoms with van der Waals surface area (Å²) < 4.78 is 2.00. The maximum absolute atomic E-state index is 9.12. The highest BCUT2D eigenvalue weighted by Gasteiger charge is 2.02. The molecule has 0 fully saturated rings. The Bertz CT molecular complexity index is 452. The summed E-state index contributed by atoms with van der Waals surface area (Å²) in [6, 6.07) is 0. The van der Waals surface area contributed by atoms with Crippen LogP contribution in [-0.4, -0.2) is 32.1 Å². The maximum atomic E-state index is 9.12. The quantitative estimate of drug-likeness (QED) is 0.724. The average Bonchev–Trinajstić information content (AvgIpc) is 2.68. The molecule has 16 heavy (non-hydrogen) atoms. The molecule has 5 heteroatoms. The number of aliphatic hydroxyl groups excluding tert-OH is 1. The SMILES string of the molecule is CC(O)CCNCc1cnc2cnccn12. The van der Waals surface area contributed by atoms with E-state index in [1.165, 1.54) is 0 Å². The Balaban J connectivity index is 1.94. The predicted octanol–water partition coefficient (Wildman–Crippen LogP) is 0.590. The van der Waals surface area contributed by atoms with E-state index >= 15 is 0 Å². The molecule has 2 aromatic heterocycles. The van der Waals surface area contributed by atoms with E-state index in [0.29, 0.717) is 0 Å². The molecule has 0 radical (unpaired) electrons. The van der Waals surface area contributed by atoms with Crippen molar-refractivity contribution in [3.8, 4) is 0 Å². The van der Waals surface area contributed by atoms with Crippen LogP contribution in [0.3, 0.4) is 0 Å². The zero-order valence-electron chi connectivity index (χ0n) is 9.30. The highest BCUT2D eigenvalue weighted by atomic mass is 16.3. The molecule has 0 saturated carbocycles. The third-order valence-corrected chi connectivity index (χ3v) is 2.44. The van der Waals surface area contributed by atoms with Crippen molar-refractivity contribution in [1.82, 2.24) is 19.7 Å². The number of imidazole rings is 1. The molecule has 86 valence electrons. The molecule has 0 aliphatic carbocycles. The van der Waals surface area contributed by atoms with Gasteiger partial charge in [0.2, 0.25) is 0 Å². The van der Waals surface area contributed by atoms with Crippen molar-refractivity contribution in [2.75, 3.05) is 6.54 Å². The Kier molecular flexibility index (Phi) is 3.48. The monoisotopic (exact) mass is 220 g/mol. The van der Waals surface area contributed by atoms with Gasteiger partial charge in [-0.1, -0.05) is 0 Å². The van der Waals surface area contributed by atoms with Gasteiger partial charge < -0.3 is 10.4 Å².